The highest BCUT2D eigenvalue weighted by atomic mass is 16.4. The van der Waals surface area contributed by atoms with E-state index in [0.717, 1.165) is 11.1 Å². The number of rotatable bonds is 4. The highest BCUT2D eigenvalue weighted by Gasteiger charge is 2.17. The van der Waals surface area contributed by atoms with E-state index in [4.69, 9.17) is 5.11 Å². The molecule has 0 bridgehead atoms. The van der Waals surface area contributed by atoms with Crippen molar-refractivity contribution in [1.82, 2.24) is 5.32 Å². The quantitative estimate of drug-likeness (QED) is 0.812. The molecule has 0 aromatic heterocycles. The average Bonchev–Trinajstić information content (AvgIpc) is 2.15. The Morgan fingerprint density at radius 2 is 2.00 bits per heavy atom. The largest absolute Gasteiger partial charge is 0.481 e. The summed E-state index contributed by atoms with van der Waals surface area (Å²) in [7, 11) is 0. The molecular formula is C12H15NO3. The van der Waals surface area contributed by atoms with Crippen molar-refractivity contribution in [2.24, 2.45) is 0 Å². The number of hydrogen-bond acceptors (Lipinski definition) is 2. The highest BCUT2D eigenvalue weighted by Crippen LogP contribution is 2.20. The molecule has 2 N–H and O–H groups in total. The van der Waals surface area contributed by atoms with Gasteiger partial charge in [-0.3, -0.25) is 9.59 Å². The van der Waals surface area contributed by atoms with Crippen LogP contribution in [0.25, 0.3) is 0 Å². The van der Waals surface area contributed by atoms with Crippen molar-refractivity contribution in [1.29, 1.82) is 0 Å². The van der Waals surface area contributed by atoms with Crippen LogP contribution in [0.5, 0.6) is 0 Å². The maximum atomic E-state index is 11.0. The van der Waals surface area contributed by atoms with Crippen LogP contribution in [0.15, 0.2) is 24.3 Å². The van der Waals surface area contributed by atoms with Gasteiger partial charge in [-0.25, -0.2) is 0 Å². The fourth-order valence-electron chi connectivity index (χ4n) is 1.64. The van der Waals surface area contributed by atoms with Crippen LogP contribution in [0.3, 0.4) is 0 Å². The summed E-state index contributed by atoms with van der Waals surface area (Å²) in [5.74, 6) is -1.16. The first kappa shape index (κ1) is 12.2. The molecule has 4 nitrogen and oxygen atoms in total. The number of benzene rings is 1. The minimum absolute atomic E-state index is 0.107. The number of carboxylic acids is 1. The van der Waals surface area contributed by atoms with E-state index in [0.29, 0.717) is 0 Å². The van der Waals surface area contributed by atoms with Gasteiger partial charge in [-0.1, -0.05) is 24.3 Å². The minimum atomic E-state index is -0.929. The van der Waals surface area contributed by atoms with Crippen molar-refractivity contribution >= 4 is 11.9 Å². The van der Waals surface area contributed by atoms with Crippen LogP contribution < -0.4 is 5.32 Å². The molecule has 0 fully saturated rings. The molecule has 4 heteroatoms. The van der Waals surface area contributed by atoms with Gasteiger partial charge in [0.15, 0.2) is 0 Å². The first-order valence-electron chi connectivity index (χ1n) is 5.05. The summed E-state index contributed by atoms with van der Waals surface area (Å²) in [5.41, 5.74) is 1.82. The van der Waals surface area contributed by atoms with Gasteiger partial charge in [0.05, 0.1) is 12.5 Å². The van der Waals surface area contributed by atoms with Gasteiger partial charge in [-0.2, -0.15) is 0 Å². The van der Waals surface area contributed by atoms with Gasteiger partial charge in [-0.15, -0.1) is 0 Å². The second kappa shape index (κ2) is 5.30. The highest BCUT2D eigenvalue weighted by molar-refractivity contribution is 5.75. The van der Waals surface area contributed by atoms with E-state index in [1.165, 1.54) is 6.92 Å². The van der Waals surface area contributed by atoms with Crippen LogP contribution in [-0.4, -0.2) is 17.0 Å². The lowest BCUT2D eigenvalue weighted by Gasteiger charge is -2.18. The Hall–Kier alpha value is -1.84. The van der Waals surface area contributed by atoms with Crippen molar-refractivity contribution in [3.05, 3.63) is 35.4 Å². The smallest absolute Gasteiger partial charge is 0.305 e. The number of carbonyl (C=O) groups excluding carboxylic acids is 1. The summed E-state index contributed by atoms with van der Waals surface area (Å²) < 4.78 is 0. The molecule has 0 heterocycles. The zero-order chi connectivity index (χ0) is 12.1. The summed E-state index contributed by atoms with van der Waals surface area (Å²) >= 11 is 0. The van der Waals surface area contributed by atoms with Crippen molar-refractivity contribution in [3.8, 4) is 0 Å². The van der Waals surface area contributed by atoms with Gasteiger partial charge >= 0.3 is 5.97 Å². The van der Waals surface area contributed by atoms with E-state index in [2.05, 4.69) is 5.32 Å². The zero-order valence-corrected chi connectivity index (χ0v) is 9.36. The minimum Gasteiger partial charge on any atom is -0.481 e. The first-order valence-corrected chi connectivity index (χ1v) is 5.05. The lowest BCUT2D eigenvalue weighted by atomic mass is 9.99. The Morgan fingerprint density at radius 1 is 1.38 bits per heavy atom. The molecule has 0 radical (unpaired) electrons. The van der Waals surface area contributed by atoms with Crippen molar-refractivity contribution in [2.75, 3.05) is 0 Å². The number of carboxylic acid groups (broad SMARTS) is 1. The van der Waals surface area contributed by atoms with Gasteiger partial charge in [0.1, 0.15) is 0 Å². The third-order valence-electron chi connectivity index (χ3n) is 2.32. The molecule has 1 amide bonds. The second-order valence-corrected chi connectivity index (χ2v) is 3.71. The van der Waals surface area contributed by atoms with E-state index in [9.17, 15) is 9.59 Å². The zero-order valence-electron chi connectivity index (χ0n) is 9.36. The van der Waals surface area contributed by atoms with E-state index in [1.54, 1.807) is 0 Å². The third-order valence-corrected chi connectivity index (χ3v) is 2.32. The average molecular weight is 221 g/mol. The summed E-state index contributed by atoms with van der Waals surface area (Å²) in [4.78, 5) is 21.7. The predicted octanol–water partition coefficient (Wildman–Crippen LogP) is 1.65. The molecule has 0 aliphatic heterocycles. The standard InChI is InChI=1S/C12H15NO3/c1-8-5-3-4-6-10(8)11(7-12(15)16)13-9(2)14/h3-6,11H,7H2,1-2H3,(H,13,14)(H,15,16)/t11-/m1/s1. The maximum Gasteiger partial charge on any atom is 0.305 e. The number of hydrogen-bond donors (Lipinski definition) is 2. The molecule has 0 spiro atoms. The van der Waals surface area contributed by atoms with Crippen molar-refractivity contribution in [2.45, 2.75) is 26.3 Å². The molecule has 0 unspecified atom stereocenters. The number of nitrogens with one attached hydrogen (secondary N) is 1. The molecule has 0 saturated heterocycles. The summed E-state index contributed by atoms with van der Waals surface area (Å²) in [6.45, 7) is 3.28. The van der Waals surface area contributed by atoms with E-state index >= 15 is 0 Å². The van der Waals surface area contributed by atoms with Crippen LogP contribution >= 0.6 is 0 Å². The molecule has 0 aliphatic carbocycles. The Morgan fingerprint density at radius 3 is 2.50 bits per heavy atom. The monoisotopic (exact) mass is 221 g/mol. The SMILES string of the molecule is CC(=O)N[C@H](CC(=O)O)c1ccccc1C. The second-order valence-electron chi connectivity index (χ2n) is 3.71. The first-order chi connectivity index (χ1) is 7.50. The molecule has 16 heavy (non-hydrogen) atoms. The van der Waals surface area contributed by atoms with Crippen LogP contribution in [0.1, 0.15) is 30.5 Å². The lowest BCUT2D eigenvalue weighted by Crippen LogP contribution is -2.28. The Bertz CT molecular complexity index is 385. The summed E-state index contributed by atoms with van der Waals surface area (Å²) in [6, 6.07) is 6.98. The summed E-state index contributed by atoms with van der Waals surface area (Å²) in [6.07, 6.45) is -0.107. The van der Waals surface area contributed by atoms with Crippen LogP contribution in [0.4, 0.5) is 0 Å². The maximum absolute atomic E-state index is 11.0. The fourth-order valence-corrected chi connectivity index (χ4v) is 1.64. The van der Waals surface area contributed by atoms with Gasteiger partial charge in [-0.05, 0) is 18.1 Å². The van der Waals surface area contributed by atoms with Crippen LogP contribution in [0, 0.1) is 6.92 Å². The van der Waals surface area contributed by atoms with Gasteiger partial charge in [0, 0.05) is 6.92 Å². The normalized spacial score (nSPS) is 11.9. The van der Waals surface area contributed by atoms with Crippen LogP contribution in [0.2, 0.25) is 0 Å². The van der Waals surface area contributed by atoms with Crippen molar-refractivity contribution in [3.63, 3.8) is 0 Å². The Kier molecular flexibility index (Phi) is 4.05. The molecule has 1 aromatic rings. The molecule has 1 rings (SSSR count). The predicted molar refractivity (Wildman–Crippen MR) is 60.0 cm³/mol. The van der Waals surface area contributed by atoms with E-state index < -0.39 is 12.0 Å². The van der Waals surface area contributed by atoms with E-state index in [-0.39, 0.29) is 12.3 Å². The number of aliphatic carboxylic acids is 1. The van der Waals surface area contributed by atoms with Crippen molar-refractivity contribution < 1.29 is 14.7 Å². The molecule has 0 aliphatic rings. The Balaban J connectivity index is 2.96. The fraction of sp³-hybridized carbons (Fsp3) is 0.333. The topological polar surface area (TPSA) is 66.4 Å². The molecule has 1 aromatic carbocycles. The van der Waals surface area contributed by atoms with Gasteiger partial charge in [0.25, 0.3) is 0 Å². The van der Waals surface area contributed by atoms with Crippen LogP contribution in [-0.2, 0) is 9.59 Å². The molecule has 1 atom stereocenters. The third kappa shape index (κ3) is 3.38. The molecule has 86 valence electrons. The van der Waals surface area contributed by atoms with E-state index in [1.807, 2.05) is 31.2 Å². The number of amides is 1. The Labute approximate surface area is 94.3 Å². The molecule has 0 saturated carbocycles. The van der Waals surface area contributed by atoms with Gasteiger partial charge in [0.2, 0.25) is 5.91 Å². The lowest BCUT2D eigenvalue weighted by molar-refractivity contribution is -0.137. The molecular weight excluding hydrogens is 206 g/mol. The number of aryl methyl sites for hydroxylation is 1. The number of carbonyl (C=O) groups is 2. The summed E-state index contributed by atoms with van der Waals surface area (Å²) in [5, 5.41) is 11.4. The van der Waals surface area contributed by atoms with Gasteiger partial charge < -0.3 is 10.4 Å².